The molecule has 0 heterocycles. The van der Waals surface area contributed by atoms with Gasteiger partial charge < -0.3 is 0 Å². The van der Waals surface area contributed by atoms with E-state index in [1.54, 1.807) is 0 Å². The van der Waals surface area contributed by atoms with Crippen LogP contribution in [0.4, 0.5) is 0 Å². The standard InChI is InChI=1S/C7H12O6S2/c1-2-5-13-15(11,12)7-4-3-6-14(8,9)10/h1H,3-7H2,(H,8,9,10). The van der Waals surface area contributed by atoms with Gasteiger partial charge in [-0.1, -0.05) is 5.92 Å². The van der Waals surface area contributed by atoms with Crippen molar-refractivity contribution in [1.82, 2.24) is 0 Å². The van der Waals surface area contributed by atoms with Gasteiger partial charge in [0, 0.05) is 0 Å². The van der Waals surface area contributed by atoms with Crippen LogP contribution in [0.5, 0.6) is 0 Å². The molecule has 0 radical (unpaired) electrons. The van der Waals surface area contributed by atoms with Gasteiger partial charge in [0.15, 0.2) is 0 Å². The van der Waals surface area contributed by atoms with E-state index in [9.17, 15) is 16.8 Å². The summed E-state index contributed by atoms with van der Waals surface area (Å²) in [5.41, 5.74) is 0. The summed E-state index contributed by atoms with van der Waals surface area (Å²) < 4.78 is 55.2. The van der Waals surface area contributed by atoms with E-state index in [2.05, 4.69) is 4.18 Å². The van der Waals surface area contributed by atoms with E-state index < -0.39 is 26.0 Å². The van der Waals surface area contributed by atoms with Crippen molar-refractivity contribution in [1.29, 1.82) is 0 Å². The highest BCUT2D eigenvalue weighted by Gasteiger charge is 2.11. The van der Waals surface area contributed by atoms with Crippen molar-refractivity contribution in [2.45, 2.75) is 12.8 Å². The van der Waals surface area contributed by atoms with Crippen LogP contribution in [0.1, 0.15) is 12.8 Å². The zero-order chi connectivity index (χ0) is 11.9. The second-order valence-electron chi connectivity index (χ2n) is 2.72. The predicted octanol–water partition coefficient (Wildman–Crippen LogP) is -0.366. The Hall–Kier alpha value is -0.620. The lowest BCUT2D eigenvalue weighted by Gasteiger charge is -2.01. The number of hydrogen-bond donors (Lipinski definition) is 1. The first-order valence-electron chi connectivity index (χ1n) is 4.02. The van der Waals surface area contributed by atoms with Crippen LogP contribution in [-0.2, 0) is 24.4 Å². The molecule has 0 aliphatic carbocycles. The lowest BCUT2D eigenvalue weighted by Crippen LogP contribution is -2.12. The Morgan fingerprint density at radius 1 is 1.13 bits per heavy atom. The van der Waals surface area contributed by atoms with Gasteiger partial charge in [-0.25, -0.2) is 0 Å². The minimum atomic E-state index is -4.03. The molecule has 0 fully saturated rings. The molecule has 0 spiro atoms. The molecule has 0 saturated heterocycles. The molecular weight excluding hydrogens is 244 g/mol. The lowest BCUT2D eigenvalue weighted by molar-refractivity contribution is 0.362. The Labute approximate surface area is 89.5 Å². The van der Waals surface area contributed by atoms with Crippen LogP contribution in [0.2, 0.25) is 0 Å². The SMILES string of the molecule is C#CCOS(=O)(=O)CCCCS(=O)(=O)O. The quantitative estimate of drug-likeness (QED) is 0.289. The molecule has 0 amide bonds. The molecule has 0 aromatic heterocycles. The van der Waals surface area contributed by atoms with E-state index >= 15 is 0 Å². The number of rotatable bonds is 7. The van der Waals surface area contributed by atoms with Gasteiger partial charge in [0.05, 0.1) is 11.5 Å². The molecular formula is C7H12O6S2. The molecule has 0 aromatic rings. The van der Waals surface area contributed by atoms with E-state index in [1.165, 1.54) is 0 Å². The number of hydrogen-bond acceptors (Lipinski definition) is 5. The first kappa shape index (κ1) is 14.4. The molecule has 6 nitrogen and oxygen atoms in total. The summed E-state index contributed by atoms with van der Waals surface area (Å²) in [5.74, 6) is 1.23. The van der Waals surface area contributed by atoms with E-state index in [4.69, 9.17) is 11.0 Å². The van der Waals surface area contributed by atoms with Crippen LogP contribution in [0, 0.1) is 12.3 Å². The minimum absolute atomic E-state index is 0.0531. The summed E-state index contributed by atoms with van der Waals surface area (Å²) in [5, 5.41) is 0. The van der Waals surface area contributed by atoms with Crippen molar-refractivity contribution in [2.75, 3.05) is 18.1 Å². The average Bonchev–Trinajstić information content (AvgIpc) is 2.08. The molecule has 0 aromatic carbocycles. The maximum Gasteiger partial charge on any atom is 0.268 e. The summed E-state index contributed by atoms with van der Waals surface area (Å²) in [6, 6.07) is 0. The molecule has 0 bridgehead atoms. The van der Waals surface area contributed by atoms with E-state index in [0.29, 0.717) is 0 Å². The second-order valence-corrected chi connectivity index (χ2v) is 6.05. The Bertz CT molecular complexity index is 413. The van der Waals surface area contributed by atoms with Gasteiger partial charge in [0.2, 0.25) is 0 Å². The molecule has 0 atom stereocenters. The monoisotopic (exact) mass is 256 g/mol. The topological polar surface area (TPSA) is 97.7 Å². The maximum absolute atomic E-state index is 11.0. The van der Waals surface area contributed by atoms with Crippen molar-refractivity contribution in [3.63, 3.8) is 0 Å². The van der Waals surface area contributed by atoms with Gasteiger partial charge in [0.25, 0.3) is 20.2 Å². The molecule has 0 aliphatic rings. The third-order valence-corrected chi connectivity index (χ3v) is 3.44. The summed E-state index contributed by atoms with van der Waals surface area (Å²) in [7, 11) is -7.71. The highest BCUT2D eigenvalue weighted by Crippen LogP contribution is 2.00. The van der Waals surface area contributed by atoms with Gasteiger partial charge in [-0.15, -0.1) is 6.42 Å². The van der Waals surface area contributed by atoms with Crippen LogP contribution in [0.25, 0.3) is 0 Å². The van der Waals surface area contributed by atoms with Crippen molar-refractivity contribution < 1.29 is 25.6 Å². The Balaban J connectivity index is 3.83. The summed E-state index contributed by atoms with van der Waals surface area (Å²) >= 11 is 0. The summed E-state index contributed by atoms with van der Waals surface area (Å²) in [6.45, 7) is -0.333. The Morgan fingerprint density at radius 3 is 2.13 bits per heavy atom. The molecule has 0 rings (SSSR count). The van der Waals surface area contributed by atoms with Crippen LogP contribution in [0.15, 0.2) is 0 Å². The van der Waals surface area contributed by atoms with Crippen LogP contribution in [-0.4, -0.2) is 39.5 Å². The predicted molar refractivity (Wildman–Crippen MR) is 54.2 cm³/mol. The fourth-order valence-electron chi connectivity index (χ4n) is 0.746. The first-order valence-corrected chi connectivity index (χ1v) is 7.21. The fraction of sp³-hybridized carbons (Fsp3) is 0.714. The first-order chi connectivity index (χ1) is 6.77. The average molecular weight is 256 g/mol. The summed E-state index contributed by atoms with van der Waals surface area (Å²) in [6.07, 6.45) is 4.94. The molecule has 1 N–H and O–H groups in total. The zero-order valence-electron chi connectivity index (χ0n) is 7.92. The highest BCUT2D eigenvalue weighted by atomic mass is 32.2. The fourth-order valence-corrected chi connectivity index (χ4v) is 2.24. The van der Waals surface area contributed by atoms with Crippen molar-refractivity contribution in [3.05, 3.63) is 0 Å². The Kier molecular flexibility index (Phi) is 5.82. The van der Waals surface area contributed by atoms with E-state index in [1.807, 2.05) is 5.92 Å². The number of terminal acetylenes is 1. The molecule has 88 valence electrons. The third-order valence-electron chi connectivity index (χ3n) is 1.37. The summed E-state index contributed by atoms with van der Waals surface area (Å²) in [4.78, 5) is 0. The second kappa shape index (κ2) is 6.07. The van der Waals surface area contributed by atoms with Gasteiger partial charge in [-0.05, 0) is 12.8 Å². The molecule has 8 heteroatoms. The van der Waals surface area contributed by atoms with Gasteiger partial charge >= 0.3 is 0 Å². The smallest absolute Gasteiger partial charge is 0.268 e. The largest absolute Gasteiger partial charge is 0.286 e. The van der Waals surface area contributed by atoms with Crippen molar-refractivity contribution in [3.8, 4) is 12.3 Å². The number of unbranched alkanes of at least 4 members (excludes halogenated alkanes) is 1. The molecule has 0 unspecified atom stereocenters. The maximum atomic E-state index is 11.0. The Morgan fingerprint density at radius 2 is 1.67 bits per heavy atom. The van der Waals surface area contributed by atoms with Crippen molar-refractivity contribution in [2.24, 2.45) is 0 Å². The van der Waals surface area contributed by atoms with Crippen LogP contribution in [0.3, 0.4) is 0 Å². The van der Waals surface area contributed by atoms with Crippen molar-refractivity contribution >= 4 is 20.2 Å². The van der Waals surface area contributed by atoms with Gasteiger partial charge in [0.1, 0.15) is 6.61 Å². The third kappa shape index (κ3) is 9.68. The zero-order valence-corrected chi connectivity index (χ0v) is 9.55. The molecule has 15 heavy (non-hydrogen) atoms. The molecule has 0 saturated carbocycles. The normalized spacial score (nSPS) is 12.3. The van der Waals surface area contributed by atoms with Gasteiger partial charge in [-0.3, -0.25) is 8.74 Å². The van der Waals surface area contributed by atoms with Crippen LogP contribution < -0.4 is 0 Å². The lowest BCUT2D eigenvalue weighted by atomic mass is 10.4. The van der Waals surface area contributed by atoms with E-state index in [-0.39, 0.29) is 25.2 Å². The highest BCUT2D eigenvalue weighted by molar-refractivity contribution is 7.86. The van der Waals surface area contributed by atoms with E-state index in [0.717, 1.165) is 0 Å². The van der Waals surface area contributed by atoms with Gasteiger partial charge in [-0.2, -0.15) is 16.8 Å². The minimum Gasteiger partial charge on any atom is -0.286 e. The van der Waals surface area contributed by atoms with Crippen LogP contribution >= 0.6 is 0 Å². The molecule has 0 aliphatic heterocycles.